The van der Waals surface area contributed by atoms with Crippen molar-refractivity contribution < 1.29 is 31.1 Å². The molecule has 0 radical (unpaired) electrons. The van der Waals surface area contributed by atoms with E-state index in [2.05, 4.69) is 31.4 Å². The predicted octanol–water partition coefficient (Wildman–Crippen LogP) is -1.89. The van der Waals surface area contributed by atoms with E-state index in [0.29, 0.717) is 44.4 Å². The molecule has 4 aliphatic rings. The number of carbonyl (C=O) groups is 1. The first-order valence-corrected chi connectivity index (χ1v) is 13.0. The predicted molar refractivity (Wildman–Crippen MR) is 112 cm³/mol. The van der Waals surface area contributed by atoms with Crippen molar-refractivity contribution in [2.24, 2.45) is 0 Å². The minimum absolute atomic E-state index is 0.00810. The van der Waals surface area contributed by atoms with Crippen molar-refractivity contribution in [2.45, 2.75) is 25.7 Å². The molecule has 0 bridgehead atoms. The Kier molecular flexibility index (Phi) is 12.9. The van der Waals surface area contributed by atoms with Crippen molar-refractivity contribution in [1.82, 2.24) is 24.8 Å². The van der Waals surface area contributed by atoms with Gasteiger partial charge in [0.2, 0.25) is 15.9 Å². The topological polar surface area (TPSA) is 164 Å². The monoisotopic (exact) mass is 471 g/mol. The van der Waals surface area contributed by atoms with Gasteiger partial charge in [0.05, 0.1) is 19.0 Å². The molecular weight excluding hydrogens is 438 g/mol. The van der Waals surface area contributed by atoms with Crippen LogP contribution in [0.5, 0.6) is 0 Å². The van der Waals surface area contributed by atoms with Crippen LogP contribution in [-0.2, 0) is 34.5 Å². The minimum Gasteiger partial charge on any atom is -0.480 e. The van der Waals surface area contributed by atoms with Gasteiger partial charge in [-0.3, -0.25) is 4.79 Å². The zero-order valence-corrected chi connectivity index (χ0v) is 18.7. The summed E-state index contributed by atoms with van der Waals surface area (Å²) in [4.78, 5) is 10.2. The van der Waals surface area contributed by atoms with Crippen LogP contribution in [0.4, 0.5) is 0 Å². The normalized spacial score (nSPS) is 24.4. The largest absolute Gasteiger partial charge is 0.480 e. The van der Waals surface area contributed by atoms with Gasteiger partial charge in [-0.1, -0.05) is 0 Å². The Labute approximate surface area is 178 Å². The molecule has 0 aromatic rings. The van der Waals surface area contributed by atoms with E-state index in [0.717, 1.165) is 38.8 Å². The van der Waals surface area contributed by atoms with Crippen molar-refractivity contribution in [3.8, 4) is 0 Å². The second-order valence-electron chi connectivity index (χ2n) is 6.52. The van der Waals surface area contributed by atoms with Crippen molar-refractivity contribution in [3.05, 3.63) is 12.5 Å². The molecule has 0 spiro atoms. The van der Waals surface area contributed by atoms with Crippen LogP contribution in [0.1, 0.15) is 25.7 Å². The van der Waals surface area contributed by atoms with E-state index in [1.807, 2.05) is 0 Å². The molecule has 4 fully saturated rings. The van der Waals surface area contributed by atoms with Gasteiger partial charge in [-0.05, 0) is 32.3 Å². The Morgan fingerprint density at radius 3 is 1.73 bits per heavy atom. The fourth-order valence-electron chi connectivity index (χ4n) is 2.29. The molecule has 0 aromatic heterocycles. The van der Waals surface area contributed by atoms with Gasteiger partial charge in [0.1, 0.15) is 6.61 Å². The highest BCUT2D eigenvalue weighted by atomic mass is 32.2. The molecule has 14 heteroatoms. The number of nitrogens with one attached hydrogen (secondary N) is 5. The molecule has 0 atom stereocenters. The van der Waals surface area contributed by atoms with Gasteiger partial charge >= 0.3 is 0 Å². The second-order valence-corrected chi connectivity index (χ2v) is 10.0. The van der Waals surface area contributed by atoms with Crippen LogP contribution in [0.15, 0.2) is 12.5 Å². The van der Waals surface area contributed by atoms with Crippen LogP contribution in [-0.4, -0.2) is 81.0 Å². The number of rotatable bonds is 0. The zero-order valence-electron chi connectivity index (χ0n) is 17.1. The highest BCUT2D eigenvalue weighted by molar-refractivity contribution is 7.89. The maximum Gasteiger partial charge on any atom is 0.276 e. The first-order chi connectivity index (χ1) is 14.2. The molecule has 4 rings (SSSR count). The maximum absolute atomic E-state index is 10.5. The number of hydrogen-bond acceptors (Lipinski definition) is 8. The molecule has 5 N–H and O–H groups in total. The summed E-state index contributed by atoms with van der Waals surface area (Å²) in [6, 6.07) is 0. The van der Waals surface area contributed by atoms with Gasteiger partial charge in [0.15, 0.2) is 5.88 Å². The van der Waals surface area contributed by atoms with Crippen LogP contribution >= 0.6 is 0 Å². The summed E-state index contributed by atoms with van der Waals surface area (Å²) in [5, 5.41) is 5.58. The Hall–Kier alpha value is -1.45. The van der Waals surface area contributed by atoms with Crippen molar-refractivity contribution in [2.75, 3.05) is 58.3 Å². The van der Waals surface area contributed by atoms with Gasteiger partial charge < -0.3 is 20.1 Å². The van der Waals surface area contributed by atoms with Crippen LogP contribution in [0, 0.1) is 0 Å². The summed E-state index contributed by atoms with van der Waals surface area (Å²) in [6.07, 6.45) is 3.77. The van der Waals surface area contributed by atoms with Crippen LogP contribution in [0.2, 0.25) is 0 Å². The molecule has 12 nitrogen and oxygen atoms in total. The number of hydrogen-bond donors (Lipinski definition) is 5. The SMILES string of the molecule is C=C1NCCCO1.O=C1COCCN1.O=S1(=O)CCCCN1.O=S1(=O)NCCCN1. The fraction of sp³-hybridized carbons (Fsp3) is 0.812. The van der Waals surface area contributed by atoms with Gasteiger partial charge in [-0.15, -0.1) is 0 Å². The average molecular weight is 472 g/mol. The average Bonchev–Trinajstić information content (AvgIpc) is 2.70. The van der Waals surface area contributed by atoms with E-state index < -0.39 is 20.2 Å². The molecule has 4 saturated heterocycles. The van der Waals surface area contributed by atoms with Gasteiger partial charge in [-0.2, -0.15) is 8.42 Å². The molecule has 176 valence electrons. The molecule has 4 heterocycles. The van der Waals surface area contributed by atoms with Crippen molar-refractivity contribution in [3.63, 3.8) is 0 Å². The number of sulfonamides is 1. The maximum atomic E-state index is 10.5. The molecule has 1 amide bonds. The first-order valence-electron chi connectivity index (χ1n) is 9.82. The standard InChI is InChI=1S/C5H9NO.C4H9NO2S.C4H7NO2.C3H8N2O2S/c1-5-6-3-2-4-7-5;6-8(7)4-2-1-3-5-8;6-4-3-7-2-1-5-4;6-8(7)4-2-1-3-5-8/h6H,1-4H2;5H,1-4H2;1-3H2,(H,5,6);4-5H,1-3H2. The summed E-state index contributed by atoms with van der Waals surface area (Å²) in [6.45, 7) is 8.74. The summed E-state index contributed by atoms with van der Waals surface area (Å²) in [7, 11) is -5.92. The number of carbonyl (C=O) groups excluding carboxylic acids is 1. The summed E-state index contributed by atoms with van der Waals surface area (Å²) >= 11 is 0. The van der Waals surface area contributed by atoms with Crippen LogP contribution < -0.4 is 24.8 Å². The van der Waals surface area contributed by atoms with Gasteiger partial charge in [0, 0.05) is 32.7 Å². The van der Waals surface area contributed by atoms with Gasteiger partial charge in [-0.25, -0.2) is 22.6 Å². The molecule has 4 aliphatic heterocycles. The lowest BCUT2D eigenvalue weighted by molar-refractivity contribution is -0.128. The Morgan fingerprint density at radius 1 is 0.767 bits per heavy atom. The summed E-state index contributed by atoms with van der Waals surface area (Å²) in [5.41, 5.74) is 0. The third-order valence-corrected chi connectivity index (χ3v) is 6.46. The lowest BCUT2D eigenvalue weighted by Crippen LogP contribution is -2.43. The Balaban J connectivity index is 0.000000200. The van der Waals surface area contributed by atoms with Crippen molar-refractivity contribution >= 4 is 26.1 Å². The quantitative estimate of drug-likeness (QED) is 0.274. The van der Waals surface area contributed by atoms with E-state index in [9.17, 15) is 21.6 Å². The van der Waals surface area contributed by atoms with E-state index in [1.54, 1.807) is 0 Å². The Bertz CT molecular complexity index is 626. The van der Waals surface area contributed by atoms with E-state index in [-0.39, 0.29) is 12.5 Å². The Morgan fingerprint density at radius 2 is 1.47 bits per heavy atom. The molecular formula is C16H33N5O7S2. The summed E-state index contributed by atoms with van der Waals surface area (Å²) < 4.78 is 58.7. The highest BCUT2D eigenvalue weighted by Crippen LogP contribution is 1.99. The van der Waals surface area contributed by atoms with Gasteiger partial charge in [0.25, 0.3) is 10.2 Å². The lowest BCUT2D eigenvalue weighted by Gasteiger charge is -2.15. The second kappa shape index (κ2) is 14.5. The third kappa shape index (κ3) is 14.5. The molecule has 0 aliphatic carbocycles. The highest BCUT2D eigenvalue weighted by Gasteiger charge is 2.13. The lowest BCUT2D eigenvalue weighted by atomic mass is 10.3. The smallest absolute Gasteiger partial charge is 0.276 e. The van der Waals surface area contributed by atoms with E-state index >= 15 is 0 Å². The van der Waals surface area contributed by atoms with E-state index in [1.165, 1.54) is 0 Å². The van der Waals surface area contributed by atoms with Crippen LogP contribution in [0.25, 0.3) is 0 Å². The molecule has 0 unspecified atom stereocenters. The first kappa shape index (κ1) is 26.6. The van der Waals surface area contributed by atoms with E-state index in [4.69, 9.17) is 9.47 Å². The number of ether oxygens (including phenoxy) is 2. The molecule has 0 saturated carbocycles. The van der Waals surface area contributed by atoms with Crippen molar-refractivity contribution in [1.29, 1.82) is 0 Å². The molecule has 0 aromatic carbocycles. The number of amides is 1. The zero-order chi connectivity index (χ0) is 22.3. The summed E-state index contributed by atoms with van der Waals surface area (Å²) in [5.74, 6) is 1.02. The minimum atomic E-state index is -3.08. The number of morpholine rings is 1. The third-order valence-electron chi connectivity index (χ3n) is 3.82. The van der Waals surface area contributed by atoms with Crippen LogP contribution in [0.3, 0.4) is 0 Å². The molecule has 30 heavy (non-hydrogen) atoms. The fourth-order valence-corrected chi connectivity index (χ4v) is 4.41.